The first-order valence-corrected chi connectivity index (χ1v) is 6.86. The number of fused-ring (bicyclic) bond motifs is 2. The lowest BCUT2D eigenvalue weighted by molar-refractivity contribution is -0.186. The van der Waals surface area contributed by atoms with Crippen molar-refractivity contribution in [3.8, 4) is 0 Å². The predicted molar refractivity (Wildman–Crippen MR) is 66.7 cm³/mol. The summed E-state index contributed by atoms with van der Waals surface area (Å²) in [6.07, 6.45) is -1.60. The van der Waals surface area contributed by atoms with Crippen LogP contribution in [0.1, 0.15) is 20.3 Å². The number of carbonyl (C=O) groups excluding carboxylic acids is 1. The molecule has 0 radical (unpaired) electrons. The number of aliphatic hydroxyl groups is 1. The molecule has 0 bridgehead atoms. The third kappa shape index (κ3) is 2.23. The third-order valence-corrected chi connectivity index (χ3v) is 4.10. The lowest BCUT2D eigenvalue weighted by Crippen LogP contribution is -2.62. The maximum Gasteiger partial charge on any atom is 0.225 e. The van der Waals surface area contributed by atoms with Gasteiger partial charge in [-0.3, -0.25) is 4.79 Å². The second-order valence-electron chi connectivity index (χ2n) is 5.98. The summed E-state index contributed by atoms with van der Waals surface area (Å²) in [4.78, 5) is 13.6. The molecule has 114 valence electrons. The van der Waals surface area contributed by atoms with Gasteiger partial charge in [0.1, 0.15) is 25.1 Å². The van der Waals surface area contributed by atoms with E-state index in [1.54, 1.807) is 4.90 Å². The van der Waals surface area contributed by atoms with Crippen molar-refractivity contribution in [2.45, 2.75) is 56.5 Å². The van der Waals surface area contributed by atoms with Gasteiger partial charge in [-0.25, -0.2) is 0 Å². The van der Waals surface area contributed by atoms with E-state index in [-0.39, 0.29) is 31.3 Å². The van der Waals surface area contributed by atoms with Crippen molar-refractivity contribution in [2.24, 2.45) is 0 Å². The average molecular weight is 287 g/mol. The first-order chi connectivity index (χ1) is 9.43. The molecular formula is C13H21NO6. The summed E-state index contributed by atoms with van der Waals surface area (Å²) < 4.78 is 22.4. The number of carbonyl (C=O) groups is 1. The van der Waals surface area contributed by atoms with Crippen LogP contribution in [0.4, 0.5) is 0 Å². The summed E-state index contributed by atoms with van der Waals surface area (Å²) >= 11 is 0. The van der Waals surface area contributed by atoms with Crippen LogP contribution in [0.25, 0.3) is 0 Å². The molecule has 3 aliphatic heterocycles. The van der Waals surface area contributed by atoms with Crippen molar-refractivity contribution in [1.29, 1.82) is 0 Å². The normalized spacial score (nSPS) is 42.7. The fourth-order valence-electron chi connectivity index (χ4n) is 3.42. The van der Waals surface area contributed by atoms with Crippen LogP contribution in [-0.2, 0) is 23.7 Å². The Kier molecular flexibility index (Phi) is 3.50. The Hall–Kier alpha value is -0.730. The Morgan fingerprint density at radius 2 is 2.20 bits per heavy atom. The van der Waals surface area contributed by atoms with Crippen LogP contribution in [-0.4, -0.2) is 72.6 Å². The van der Waals surface area contributed by atoms with Crippen molar-refractivity contribution >= 4 is 5.91 Å². The number of nitrogens with zero attached hydrogens (tertiary/aromatic N) is 1. The molecular weight excluding hydrogens is 266 g/mol. The van der Waals surface area contributed by atoms with E-state index < -0.39 is 24.0 Å². The molecule has 1 N–H and O–H groups in total. The van der Waals surface area contributed by atoms with Crippen LogP contribution in [0.5, 0.6) is 0 Å². The molecule has 3 rings (SSSR count). The summed E-state index contributed by atoms with van der Waals surface area (Å²) in [7, 11) is 1.53. The standard InChI is InChI=1S/C13H21NO6/c1-13(2)19-8-5-14-9(16)4-7(15)10(14)12(11(8)20-13)18-6-17-3/h7-8,10-12,15H,4-6H2,1-3H3/t7-,8+,10-,11-,12-/m1/s1. The van der Waals surface area contributed by atoms with E-state index in [0.717, 1.165) is 0 Å². The van der Waals surface area contributed by atoms with Gasteiger partial charge in [0.25, 0.3) is 0 Å². The maximum atomic E-state index is 12.0. The van der Waals surface area contributed by atoms with E-state index in [1.807, 2.05) is 13.8 Å². The Balaban J connectivity index is 1.86. The van der Waals surface area contributed by atoms with E-state index in [9.17, 15) is 9.90 Å². The van der Waals surface area contributed by atoms with Gasteiger partial charge in [-0.15, -0.1) is 0 Å². The van der Waals surface area contributed by atoms with Crippen molar-refractivity contribution in [2.75, 3.05) is 20.4 Å². The SMILES string of the molecule is COCO[C@H]1[C@@H]2OC(C)(C)O[C@H]2CN2C(=O)C[C@@H](O)[C@H]12. The van der Waals surface area contributed by atoms with Crippen LogP contribution >= 0.6 is 0 Å². The van der Waals surface area contributed by atoms with Gasteiger partial charge in [0, 0.05) is 7.11 Å². The Morgan fingerprint density at radius 3 is 2.90 bits per heavy atom. The molecule has 7 heteroatoms. The highest BCUT2D eigenvalue weighted by atomic mass is 16.8. The van der Waals surface area contributed by atoms with E-state index in [0.29, 0.717) is 6.54 Å². The molecule has 0 aromatic heterocycles. The van der Waals surface area contributed by atoms with Crippen LogP contribution < -0.4 is 0 Å². The molecule has 7 nitrogen and oxygen atoms in total. The number of amides is 1. The maximum absolute atomic E-state index is 12.0. The number of ether oxygens (including phenoxy) is 4. The van der Waals surface area contributed by atoms with E-state index >= 15 is 0 Å². The van der Waals surface area contributed by atoms with Crippen LogP contribution in [0.15, 0.2) is 0 Å². The number of piperidine rings is 1. The molecule has 3 fully saturated rings. The molecule has 5 atom stereocenters. The zero-order valence-electron chi connectivity index (χ0n) is 11.9. The van der Waals surface area contributed by atoms with E-state index in [4.69, 9.17) is 18.9 Å². The van der Waals surface area contributed by atoms with Crippen LogP contribution in [0.2, 0.25) is 0 Å². The lowest BCUT2D eigenvalue weighted by atomic mass is 9.93. The average Bonchev–Trinajstić information content (AvgIpc) is 2.81. The molecule has 3 heterocycles. The Bertz CT molecular complexity index is 400. The predicted octanol–water partition coefficient (Wildman–Crippen LogP) is -0.529. The fraction of sp³-hybridized carbons (Fsp3) is 0.923. The van der Waals surface area contributed by atoms with Gasteiger partial charge in [0.15, 0.2) is 5.79 Å². The minimum absolute atomic E-state index is 0.0692. The molecule has 1 amide bonds. The largest absolute Gasteiger partial charge is 0.390 e. The molecule has 20 heavy (non-hydrogen) atoms. The van der Waals surface area contributed by atoms with Crippen molar-refractivity contribution < 1.29 is 28.8 Å². The second kappa shape index (κ2) is 4.92. The topological polar surface area (TPSA) is 77.5 Å². The number of rotatable bonds is 3. The number of hydrogen-bond acceptors (Lipinski definition) is 6. The van der Waals surface area contributed by atoms with Crippen molar-refractivity contribution in [3.05, 3.63) is 0 Å². The third-order valence-electron chi connectivity index (χ3n) is 4.10. The number of methoxy groups -OCH3 is 1. The fourth-order valence-corrected chi connectivity index (χ4v) is 3.42. The van der Waals surface area contributed by atoms with Crippen LogP contribution in [0, 0.1) is 0 Å². The summed E-state index contributed by atoms with van der Waals surface area (Å²) in [5.41, 5.74) is 0. The minimum Gasteiger partial charge on any atom is -0.390 e. The highest BCUT2D eigenvalue weighted by Crippen LogP contribution is 2.40. The highest BCUT2D eigenvalue weighted by Gasteiger charge is 2.58. The molecule has 0 saturated carbocycles. The minimum atomic E-state index is -0.738. The summed E-state index contributed by atoms with van der Waals surface area (Å²) in [5.74, 6) is -0.780. The quantitative estimate of drug-likeness (QED) is 0.703. The van der Waals surface area contributed by atoms with Gasteiger partial charge >= 0.3 is 0 Å². The molecule has 0 spiro atoms. The number of hydrogen-bond donors (Lipinski definition) is 1. The van der Waals surface area contributed by atoms with Crippen molar-refractivity contribution in [3.63, 3.8) is 0 Å². The van der Waals surface area contributed by atoms with Gasteiger partial charge < -0.3 is 29.0 Å². The van der Waals surface area contributed by atoms with Crippen LogP contribution in [0.3, 0.4) is 0 Å². The van der Waals surface area contributed by atoms with E-state index in [1.165, 1.54) is 7.11 Å². The van der Waals surface area contributed by atoms with Gasteiger partial charge in [-0.1, -0.05) is 0 Å². The summed E-state index contributed by atoms with van der Waals surface area (Å²) in [6.45, 7) is 4.19. The second-order valence-corrected chi connectivity index (χ2v) is 5.98. The smallest absolute Gasteiger partial charge is 0.225 e. The van der Waals surface area contributed by atoms with Gasteiger partial charge in [-0.05, 0) is 13.8 Å². The zero-order valence-corrected chi connectivity index (χ0v) is 11.9. The van der Waals surface area contributed by atoms with Gasteiger partial charge in [-0.2, -0.15) is 0 Å². The highest BCUT2D eigenvalue weighted by molar-refractivity contribution is 5.80. The van der Waals surface area contributed by atoms with Gasteiger partial charge in [0.2, 0.25) is 5.91 Å². The van der Waals surface area contributed by atoms with E-state index in [2.05, 4.69) is 0 Å². The van der Waals surface area contributed by atoms with Gasteiger partial charge in [0.05, 0.1) is 25.1 Å². The first kappa shape index (κ1) is 14.2. The van der Waals surface area contributed by atoms with Crippen molar-refractivity contribution in [1.82, 2.24) is 4.90 Å². The summed E-state index contributed by atoms with van der Waals surface area (Å²) in [5, 5.41) is 10.1. The Labute approximate surface area is 117 Å². The molecule has 3 aliphatic rings. The summed E-state index contributed by atoms with van der Waals surface area (Å²) in [6, 6.07) is -0.392. The zero-order chi connectivity index (χ0) is 14.5. The molecule has 0 unspecified atom stereocenters. The molecule has 3 saturated heterocycles. The molecule has 0 aliphatic carbocycles. The monoisotopic (exact) mass is 287 g/mol. The first-order valence-electron chi connectivity index (χ1n) is 6.86. The lowest BCUT2D eigenvalue weighted by Gasteiger charge is -2.42. The number of aliphatic hydroxyl groups excluding tert-OH is 1. The molecule has 0 aromatic rings. The molecule has 0 aromatic carbocycles. The Morgan fingerprint density at radius 1 is 1.45 bits per heavy atom.